The number of rotatable bonds is 3. The van der Waals surface area contributed by atoms with Gasteiger partial charge < -0.3 is 0 Å². The third kappa shape index (κ3) is 1.89. The molecule has 0 amide bonds. The second kappa shape index (κ2) is 5.34. The summed E-state index contributed by atoms with van der Waals surface area (Å²) in [7, 11) is 0. The van der Waals surface area contributed by atoms with E-state index < -0.39 is 0 Å². The largest absolute Gasteiger partial charge is 0.256 e. The summed E-state index contributed by atoms with van der Waals surface area (Å²) in [5.41, 5.74) is 8.16. The van der Waals surface area contributed by atoms with Crippen LogP contribution in [0.3, 0.4) is 0 Å². The average Bonchev–Trinajstić information content (AvgIpc) is 2.93. The maximum atomic E-state index is 4.62. The first-order valence-electron chi connectivity index (χ1n) is 8.46. The summed E-state index contributed by atoms with van der Waals surface area (Å²) in [5.74, 6) is 0. The molecule has 1 aliphatic rings. The molecule has 0 atom stereocenters. The predicted molar refractivity (Wildman–Crippen MR) is 96.5 cm³/mol. The second-order valence-corrected chi connectivity index (χ2v) is 6.28. The van der Waals surface area contributed by atoms with Crippen molar-refractivity contribution in [2.24, 2.45) is 0 Å². The van der Waals surface area contributed by atoms with E-state index in [1.54, 1.807) is 0 Å². The molecule has 0 aliphatic heterocycles. The smallest absolute Gasteiger partial charge is 0.0705 e. The number of hydrogen-bond donors (Lipinski definition) is 0. The zero-order valence-electron chi connectivity index (χ0n) is 13.7. The topological polar surface area (TPSA) is 12.9 Å². The molecule has 4 rings (SSSR count). The van der Waals surface area contributed by atoms with Crippen LogP contribution in [0.25, 0.3) is 22.4 Å². The molecule has 1 nitrogen and oxygen atoms in total. The molecule has 0 bridgehead atoms. The number of fused-ring (bicyclic) bond motifs is 3. The fourth-order valence-corrected chi connectivity index (χ4v) is 4.28. The van der Waals surface area contributed by atoms with E-state index in [1.165, 1.54) is 27.8 Å². The zero-order chi connectivity index (χ0) is 15.9. The Balaban J connectivity index is 2.08. The van der Waals surface area contributed by atoms with Crippen LogP contribution in [0.2, 0.25) is 0 Å². The molecule has 0 fully saturated rings. The lowest BCUT2D eigenvalue weighted by Gasteiger charge is -2.31. The van der Waals surface area contributed by atoms with Gasteiger partial charge in [-0.15, -0.1) is 0 Å². The van der Waals surface area contributed by atoms with Crippen molar-refractivity contribution in [1.82, 2.24) is 4.98 Å². The molecule has 114 valence electrons. The molecule has 1 aliphatic carbocycles. The minimum atomic E-state index is 0.0973. The first-order chi connectivity index (χ1) is 11.3. The molecule has 1 heteroatoms. The fourth-order valence-electron chi connectivity index (χ4n) is 4.28. The summed E-state index contributed by atoms with van der Waals surface area (Å²) in [6.07, 6.45) is 4.10. The highest BCUT2D eigenvalue weighted by Gasteiger charge is 2.42. The summed E-state index contributed by atoms with van der Waals surface area (Å²) in [6, 6.07) is 21.7. The molecule has 1 aromatic heterocycles. The van der Waals surface area contributed by atoms with Crippen molar-refractivity contribution in [2.75, 3.05) is 0 Å². The van der Waals surface area contributed by atoms with Gasteiger partial charge in [0.25, 0.3) is 0 Å². The maximum Gasteiger partial charge on any atom is 0.0705 e. The molecule has 0 saturated heterocycles. The lowest BCUT2D eigenvalue weighted by atomic mass is 9.72. The Morgan fingerprint density at radius 2 is 1.43 bits per heavy atom. The molecule has 0 unspecified atom stereocenters. The minimum absolute atomic E-state index is 0.0973. The van der Waals surface area contributed by atoms with Gasteiger partial charge >= 0.3 is 0 Å². The highest BCUT2D eigenvalue weighted by atomic mass is 14.7. The van der Waals surface area contributed by atoms with Crippen LogP contribution in [-0.2, 0) is 5.41 Å². The SMILES string of the molecule is CCC1(CC)c2ccccc2-c2cccc(-c3ccccn3)c21. The molecule has 0 saturated carbocycles. The third-order valence-corrected chi connectivity index (χ3v) is 5.42. The van der Waals surface area contributed by atoms with E-state index in [9.17, 15) is 0 Å². The van der Waals surface area contributed by atoms with Gasteiger partial charge in [0.05, 0.1) is 5.69 Å². The van der Waals surface area contributed by atoms with Gasteiger partial charge in [0, 0.05) is 17.2 Å². The van der Waals surface area contributed by atoms with Gasteiger partial charge in [-0.1, -0.05) is 62.4 Å². The van der Waals surface area contributed by atoms with Crippen LogP contribution in [0, 0.1) is 0 Å². The lowest BCUT2D eigenvalue weighted by molar-refractivity contribution is 0.491. The molecular weight excluding hydrogens is 278 g/mol. The highest BCUT2D eigenvalue weighted by molar-refractivity contribution is 5.87. The van der Waals surface area contributed by atoms with Gasteiger partial charge in [0.1, 0.15) is 0 Å². The number of benzene rings is 2. The van der Waals surface area contributed by atoms with E-state index in [4.69, 9.17) is 0 Å². The van der Waals surface area contributed by atoms with Crippen LogP contribution in [0.1, 0.15) is 37.8 Å². The molecular formula is C22H21N. The Bertz CT molecular complexity index is 845. The van der Waals surface area contributed by atoms with Crippen molar-refractivity contribution < 1.29 is 0 Å². The van der Waals surface area contributed by atoms with E-state index >= 15 is 0 Å². The first kappa shape index (κ1) is 14.2. The van der Waals surface area contributed by atoms with Crippen molar-refractivity contribution in [1.29, 1.82) is 0 Å². The van der Waals surface area contributed by atoms with Crippen LogP contribution in [0.15, 0.2) is 66.9 Å². The Morgan fingerprint density at radius 3 is 2.17 bits per heavy atom. The molecule has 1 heterocycles. The van der Waals surface area contributed by atoms with Crippen molar-refractivity contribution in [3.8, 4) is 22.4 Å². The number of hydrogen-bond acceptors (Lipinski definition) is 1. The van der Waals surface area contributed by atoms with E-state index in [2.05, 4.69) is 73.4 Å². The van der Waals surface area contributed by atoms with Crippen molar-refractivity contribution in [3.63, 3.8) is 0 Å². The maximum absolute atomic E-state index is 4.62. The lowest BCUT2D eigenvalue weighted by Crippen LogP contribution is -2.24. The fraction of sp³-hybridized carbons (Fsp3) is 0.227. The average molecular weight is 299 g/mol. The Morgan fingerprint density at radius 1 is 0.739 bits per heavy atom. The molecule has 23 heavy (non-hydrogen) atoms. The van der Waals surface area contributed by atoms with Gasteiger partial charge in [0.2, 0.25) is 0 Å². The Labute approximate surface area is 138 Å². The molecule has 0 N–H and O–H groups in total. The van der Waals surface area contributed by atoms with Crippen LogP contribution < -0.4 is 0 Å². The van der Waals surface area contributed by atoms with Crippen molar-refractivity contribution >= 4 is 0 Å². The van der Waals surface area contributed by atoms with Crippen molar-refractivity contribution in [3.05, 3.63) is 78.0 Å². The van der Waals surface area contributed by atoms with Crippen LogP contribution in [0.5, 0.6) is 0 Å². The third-order valence-electron chi connectivity index (χ3n) is 5.42. The van der Waals surface area contributed by atoms with Crippen LogP contribution in [0.4, 0.5) is 0 Å². The number of nitrogens with zero attached hydrogens (tertiary/aromatic N) is 1. The summed E-state index contributed by atoms with van der Waals surface area (Å²) in [4.78, 5) is 4.62. The summed E-state index contributed by atoms with van der Waals surface area (Å²) >= 11 is 0. The van der Waals surface area contributed by atoms with Crippen LogP contribution >= 0.6 is 0 Å². The van der Waals surface area contributed by atoms with E-state index in [0.717, 1.165) is 18.5 Å². The molecule has 3 aromatic rings. The normalized spacial score (nSPS) is 14.3. The van der Waals surface area contributed by atoms with Gasteiger partial charge in [0.15, 0.2) is 0 Å². The minimum Gasteiger partial charge on any atom is -0.256 e. The van der Waals surface area contributed by atoms with Gasteiger partial charge in [-0.25, -0.2) is 0 Å². The van der Waals surface area contributed by atoms with Crippen LogP contribution in [-0.4, -0.2) is 4.98 Å². The molecule has 2 aromatic carbocycles. The standard InChI is InChI=1S/C22H21N/c1-3-22(4-2)19-13-6-5-10-16(19)17-11-9-12-18(21(17)22)20-14-7-8-15-23-20/h5-15H,3-4H2,1-2H3. The molecule has 0 spiro atoms. The monoisotopic (exact) mass is 299 g/mol. The quantitative estimate of drug-likeness (QED) is 0.592. The van der Waals surface area contributed by atoms with E-state index in [0.29, 0.717) is 0 Å². The predicted octanol–water partition coefficient (Wildman–Crippen LogP) is 5.84. The van der Waals surface area contributed by atoms with Gasteiger partial charge in [-0.05, 0) is 47.2 Å². The summed E-state index contributed by atoms with van der Waals surface area (Å²) in [5, 5.41) is 0. The Kier molecular flexibility index (Phi) is 3.30. The van der Waals surface area contributed by atoms with Crippen molar-refractivity contribution in [2.45, 2.75) is 32.1 Å². The summed E-state index contributed by atoms with van der Waals surface area (Å²) < 4.78 is 0. The number of aromatic nitrogens is 1. The number of pyridine rings is 1. The summed E-state index contributed by atoms with van der Waals surface area (Å²) in [6.45, 7) is 4.62. The second-order valence-electron chi connectivity index (χ2n) is 6.28. The van der Waals surface area contributed by atoms with Gasteiger partial charge in [-0.2, -0.15) is 0 Å². The van der Waals surface area contributed by atoms with E-state index in [1.807, 2.05) is 12.3 Å². The van der Waals surface area contributed by atoms with Gasteiger partial charge in [-0.3, -0.25) is 4.98 Å². The zero-order valence-corrected chi connectivity index (χ0v) is 13.7. The molecule has 0 radical (unpaired) electrons. The highest BCUT2D eigenvalue weighted by Crippen LogP contribution is 2.55. The first-order valence-corrected chi connectivity index (χ1v) is 8.46. The van der Waals surface area contributed by atoms with E-state index in [-0.39, 0.29) is 5.41 Å². The Hall–Kier alpha value is -2.41.